The van der Waals surface area contributed by atoms with Crippen molar-refractivity contribution in [1.82, 2.24) is 10.2 Å². The van der Waals surface area contributed by atoms with Gasteiger partial charge in [-0.05, 0) is 31.2 Å². The molecule has 0 aliphatic carbocycles. The normalized spacial score (nSPS) is 10.1. The molecule has 20 heavy (non-hydrogen) atoms. The van der Waals surface area contributed by atoms with Crippen LogP contribution < -0.4 is 10.1 Å². The molecule has 1 heterocycles. The van der Waals surface area contributed by atoms with E-state index in [-0.39, 0.29) is 5.91 Å². The van der Waals surface area contributed by atoms with Crippen molar-refractivity contribution in [2.75, 3.05) is 11.9 Å². The lowest BCUT2D eigenvalue weighted by molar-refractivity contribution is 0.102. The van der Waals surface area contributed by atoms with E-state index in [1.165, 1.54) is 12.4 Å². The van der Waals surface area contributed by atoms with Crippen LogP contribution in [0.1, 0.15) is 22.8 Å². The Morgan fingerprint density at radius 2 is 2.20 bits per heavy atom. The van der Waals surface area contributed by atoms with Gasteiger partial charge in [-0.2, -0.15) is 10.2 Å². The van der Waals surface area contributed by atoms with Crippen LogP contribution >= 0.6 is 15.9 Å². The molecular formula is C14H14BrN3O2. The Morgan fingerprint density at radius 3 is 2.85 bits per heavy atom. The minimum atomic E-state index is -0.218. The van der Waals surface area contributed by atoms with E-state index in [1.54, 1.807) is 6.07 Å². The van der Waals surface area contributed by atoms with E-state index in [1.807, 2.05) is 25.1 Å². The van der Waals surface area contributed by atoms with Crippen LogP contribution in [0.4, 0.5) is 5.69 Å². The van der Waals surface area contributed by atoms with Gasteiger partial charge in [-0.1, -0.05) is 15.9 Å². The summed E-state index contributed by atoms with van der Waals surface area (Å²) in [6.45, 7) is 2.54. The number of ether oxygens (including phenoxy) is 1. The van der Waals surface area contributed by atoms with Crippen molar-refractivity contribution in [3.8, 4) is 5.75 Å². The summed E-state index contributed by atoms with van der Waals surface area (Å²) in [6.07, 6.45) is 2.91. The van der Waals surface area contributed by atoms with Crippen LogP contribution in [0.15, 0.2) is 36.7 Å². The van der Waals surface area contributed by atoms with Crippen molar-refractivity contribution in [1.29, 1.82) is 0 Å². The Labute approximate surface area is 125 Å². The van der Waals surface area contributed by atoms with Crippen LogP contribution in [0.3, 0.4) is 0 Å². The first-order chi connectivity index (χ1) is 9.74. The quantitative estimate of drug-likeness (QED) is 0.853. The molecule has 0 spiro atoms. The Kier molecular flexibility index (Phi) is 5.06. The summed E-state index contributed by atoms with van der Waals surface area (Å²) in [5, 5.41) is 10.8. The highest BCUT2D eigenvalue weighted by Gasteiger charge is 2.08. The minimum absolute atomic E-state index is 0.218. The number of aromatic nitrogens is 2. The van der Waals surface area contributed by atoms with Gasteiger partial charge in [0.15, 0.2) is 0 Å². The molecule has 0 bridgehead atoms. The molecule has 0 atom stereocenters. The van der Waals surface area contributed by atoms with Crippen molar-refractivity contribution < 1.29 is 9.53 Å². The number of anilines is 1. The summed E-state index contributed by atoms with van der Waals surface area (Å²) < 4.78 is 5.51. The van der Waals surface area contributed by atoms with Gasteiger partial charge in [-0.15, -0.1) is 0 Å². The van der Waals surface area contributed by atoms with Crippen molar-refractivity contribution in [2.45, 2.75) is 12.3 Å². The number of hydrogen-bond acceptors (Lipinski definition) is 4. The fraction of sp³-hybridized carbons (Fsp3) is 0.214. The Balaban J connectivity index is 2.16. The monoisotopic (exact) mass is 335 g/mol. The van der Waals surface area contributed by atoms with Crippen LogP contribution in [-0.2, 0) is 5.33 Å². The van der Waals surface area contributed by atoms with Crippen LogP contribution in [0.2, 0.25) is 0 Å². The Morgan fingerprint density at radius 1 is 1.35 bits per heavy atom. The van der Waals surface area contributed by atoms with E-state index < -0.39 is 0 Å². The maximum atomic E-state index is 12.0. The zero-order valence-electron chi connectivity index (χ0n) is 11.0. The lowest BCUT2D eigenvalue weighted by Gasteiger charge is -2.11. The van der Waals surface area contributed by atoms with Gasteiger partial charge in [0.1, 0.15) is 5.75 Å². The summed E-state index contributed by atoms with van der Waals surface area (Å²) in [6, 6.07) is 7.15. The van der Waals surface area contributed by atoms with Gasteiger partial charge in [-0.25, -0.2) is 0 Å². The van der Waals surface area contributed by atoms with Crippen LogP contribution in [0, 0.1) is 0 Å². The van der Waals surface area contributed by atoms with Crippen LogP contribution in [0.5, 0.6) is 5.75 Å². The van der Waals surface area contributed by atoms with Gasteiger partial charge < -0.3 is 10.1 Å². The first-order valence-electron chi connectivity index (χ1n) is 6.14. The SMILES string of the molecule is CCOc1ccc(NC(=O)c2ccnnc2)cc1CBr. The first-order valence-corrected chi connectivity index (χ1v) is 7.26. The first kappa shape index (κ1) is 14.5. The average Bonchev–Trinajstić information content (AvgIpc) is 2.50. The molecule has 0 radical (unpaired) electrons. The number of nitrogens with one attached hydrogen (secondary N) is 1. The lowest BCUT2D eigenvalue weighted by Crippen LogP contribution is -2.12. The maximum Gasteiger partial charge on any atom is 0.257 e. The number of nitrogens with zero attached hydrogens (tertiary/aromatic N) is 2. The van der Waals surface area contributed by atoms with Crippen molar-refractivity contribution in [2.24, 2.45) is 0 Å². The minimum Gasteiger partial charge on any atom is -0.494 e. The molecular weight excluding hydrogens is 322 g/mol. The third kappa shape index (κ3) is 3.54. The topological polar surface area (TPSA) is 64.1 Å². The molecule has 0 unspecified atom stereocenters. The standard InChI is InChI=1S/C14H14BrN3O2/c1-2-20-13-4-3-12(7-11(13)8-15)18-14(19)10-5-6-16-17-9-10/h3-7,9H,2,8H2,1H3,(H,18,19). The molecule has 1 aromatic carbocycles. The third-order valence-corrected chi connectivity index (χ3v) is 3.21. The summed E-state index contributed by atoms with van der Waals surface area (Å²) in [5.74, 6) is 0.595. The molecule has 1 aromatic heterocycles. The second kappa shape index (κ2) is 7.00. The number of alkyl halides is 1. The van der Waals surface area contributed by atoms with E-state index in [9.17, 15) is 4.79 Å². The van der Waals surface area contributed by atoms with Crippen molar-refractivity contribution >= 4 is 27.5 Å². The molecule has 1 amide bonds. The maximum absolute atomic E-state index is 12.0. The van der Waals surface area contributed by atoms with E-state index in [2.05, 4.69) is 31.4 Å². The fourth-order valence-corrected chi connectivity index (χ4v) is 2.12. The summed E-state index contributed by atoms with van der Waals surface area (Å²) >= 11 is 3.41. The van der Waals surface area contributed by atoms with Crippen molar-refractivity contribution in [3.05, 3.63) is 47.8 Å². The average molecular weight is 336 g/mol. The molecule has 104 valence electrons. The highest BCUT2D eigenvalue weighted by atomic mass is 79.9. The number of carbonyl (C=O) groups excluding carboxylic acids is 1. The second-order valence-corrected chi connectivity index (χ2v) is 4.54. The largest absolute Gasteiger partial charge is 0.494 e. The van der Waals surface area contributed by atoms with Gasteiger partial charge in [-0.3, -0.25) is 4.79 Å². The number of hydrogen-bond donors (Lipinski definition) is 1. The number of carbonyl (C=O) groups is 1. The van der Waals surface area contributed by atoms with Crippen molar-refractivity contribution in [3.63, 3.8) is 0 Å². The number of halogens is 1. The predicted molar refractivity (Wildman–Crippen MR) is 80.2 cm³/mol. The zero-order chi connectivity index (χ0) is 14.4. The molecule has 0 aliphatic rings. The van der Waals surface area contributed by atoms with Gasteiger partial charge in [0.2, 0.25) is 0 Å². The number of amides is 1. The highest BCUT2D eigenvalue weighted by molar-refractivity contribution is 9.08. The van der Waals surface area contributed by atoms with E-state index >= 15 is 0 Å². The number of rotatable bonds is 5. The van der Waals surface area contributed by atoms with Gasteiger partial charge in [0, 0.05) is 16.6 Å². The van der Waals surface area contributed by atoms with E-state index in [4.69, 9.17) is 4.74 Å². The molecule has 6 heteroatoms. The molecule has 1 N–H and O–H groups in total. The number of benzene rings is 1. The zero-order valence-corrected chi connectivity index (χ0v) is 12.6. The molecule has 0 aliphatic heterocycles. The Hall–Kier alpha value is -1.95. The summed E-state index contributed by atoms with van der Waals surface area (Å²) in [7, 11) is 0. The molecule has 0 fully saturated rings. The fourth-order valence-electron chi connectivity index (χ4n) is 1.69. The van der Waals surface area contributed by atoms with E-state index in [0.29, 0.717) is 23.2 Å². The lowest BCUT2D eigenvalue weighted by atomic mass is 10.2. The predicted octanol–water partition coefficient (Wildman–Crippen LogP) is 3.02. The molecule has 2 aromatic rings. The third-order valence-electron chi connectivity index (χ3n) is 2.61. The van der Waals surface area contributed by atoms with Gasteiger partial charge >= 0.3 is 0 Å². The van der Waals surface area contributed by atoms with Gasteiger partial charge in [0.05, 0.1) is 24.6 Å². The molecule has 0 saturated carbocycles. The van der Waals surface area contributed by atoms with Gasteiger partial charge in [0.25, 0.3) is 5.91 Å². The molecule has 2 rings (SSSR count). The van der Waals surface area contributed by atoms with Crippen LogP contribution in [-0.4, -0.2) is 22.7 Å². The van der Waals surface area contributed by atoms with Crippen LogP contribution in [0.25, 0.3) is 0 Å². The van der Waals surface area contributed by atoms with E-state index in [0.717, 1.165) is 11.3 Å². The second-order valence-electron chi connectivity index (χ2n) is 3.97. The summed E-state index contributed by atoms with van der Waals surface area (Å²) in [5.41, 5.74) is 2.16. The molecule has 0 saturated heterocycles. The summed E-state index contributed by atoms with van der Waals surface area (Å²) in [4.78, 5) is 12.0. The highest BCUT2D eigenvalue weighted by Crippen LogP contribution is 2.25. The Bertz CT molecular complexity index is 590. The molecule has 5 nitrogen and oxygen atoms in total. The smallest absolute Gasteiger partial charge is 0.257 e.